The van der Waals surface area contributed by atoms with Gasteiger partial charge in [-0.25, -0.2) is 22.7 Å². The van der Waals surface area contributed by atoms with Crippen LogP contribution in [0.5, 0.6) is 0 Å². The van der Waals surface area contributed by atoms with E-state index in [9.17, 15) is 18.0 Å². The van der Waals surface area contributed by atoms with Crippen LogP contribution in [0.3, 0.4) is 0 Å². The number of carbonyl (C=O) groups excluding carboxylic acids is 1. The lowest BCUT2D eigenvalue weighted by Crippen LogP contribution is -2.18. The molecule has 7 nitrogen and oxygen atoms in total. The first-order valence-corrected chi connectivity index (χ1v) is 9.94. The zero-order valence-electron chi connectivity index (χ0n) is 15.6. The van der Waals surface area contributed by atoms with E-state index in [4.69, 9.17) is 9.15 Å². The van der Waals surface area contributed by atoms with E-state index in [1.165, 1.54) is 37.4 Å². The monoisotopic (exact) mass is 401 g/mol. The van der Waals surface area contributed by atoms with E-state index in [0.29, 0.717) is 16.5 Å². The second kappa shape index (κ2) is 7.57. The lowest BCUT2D eigenvalue weighted by molar-refractivity contribution is 0.0473. The van der Waals surface area contributed by atoms with Gasteiger partial charge in [0.25, 0.3) is 0 Å². The van der Waals surface area contributed by atoms with Crippen LogP contribution in [0.15, 0.2) is 56.6 Å². The quantitative estimate of drug-likeness (QED) is 0.521. The lowest BCUT2D eigenvalue weighted by atomic mass is 10.0. The molecule has 3 rings (SSSR count). The van der Waals surface area contributed by atoms with Crippen molar-refractivity contribution in [3.8, 4) is 0 Å². The maximum absolute atomic E-state index is 12.3. The van der Waals surface area contributed by atoms with Crippen LogP contribution in [0.2, 0.25) is 0 Å². The number of hydrogen-bond donors (Lipinski definition) is 1. The molecule has 2 aromatic carbocycles. The molecule has 0 unspecified atom stereocenters. The number of sulfonamides is 1. The molecule has 28 heavy (non-hydrogen) atoms. The molecule has 0 fully saturated rings. The fourth-order valence-corrected chi connectivity index (χ4v) is 3.45. The van der Waals surface area contributed by atoms with E-state index in [1.54, 1.807) is 6.07 Å². The topological polar surface area (TPSA) is 103 Å². The fourth-order valence-electron chi connectivity index (χ4n) is 2.72. The van der Waals surface area contributed by atoms with Crippen molar-refractivity contribution >= 4 is 27.0 Å². The van der Waals surface area contributed by atoms with Gasteiger partial charge in [-0.2, -0.15) is 0 Å². The highest BCUT2D eigenvalue weighted by Crippen LogP contribution is 2.22. The third kappa shape index (κ3) is 3.97. The summed E-state index contributed by atoms with van der Waals surface area (Å²) in [6.07, 6.45) is 0. The molecule has 8 heteroatoms. The zero-order valence-corrected chi connectivity index (χ0v) is 16.4. The second-order valence-corrected chi connectivity index (χ2v) is 8.22. The minimum Gasteiger partial charge on any atom is -0.457 e. The van der Waals surface area contributed by atoms with E-state index in [1.807, 2.05) is 19.9 Å². The number of hydrogen-bond acceptors (Lipinski definition) is 6. The molecule has 0 radical (unpaired) electrons. The Balaban J connectivity index is 1.83. The number of esters is 1. The molecule has 3 aromatic rings. The summed E-state index contributed by atoms with van der Waals surface area (Å²) in [5, 5.41) is 0.700. The van der Waals surface area contributed by atoms with Crippen molar-refractivity contribution in [2.75, 3.05) is 7.05 Å². The van der Waals surface area contributed by atoms with Gasteiger partial charge in [0.05, 0.1) is 10.5 Å². The highest BCUT2D eigenvalue weighted by atomic mass is 32.2. The average molecular weight is 401 g/mol. The van der Waals surface area contributed by atoms with E-state index < -0.39 is 21.6 Å². The summed E-state index contributed by atoms with van der Waals surface area (Å²) >= 11 is 0. The van der Waals surface area contributed by atoms with Gasteiger partial charge in [-0.3, -0.25) is 0 Å². The van der Waals surface area contributed by atoms with Crippen LogP contribution >= 0.6 is 0 Å². The summed E-state index contributed by atoms with van der Waals surface area (Å²) in [6, 6.07) is 10.3. The highest BCUT2D eigenvalue weighted by molar-refractivity contribution is 7.89. The van der Waals surface area contributed by atoms with E-state index in [0.717, 1.165) is 11.1 Å². The number of rotatable bonds is 5. The number of benzene rings is 2. The first-order valence-electron chi connectivity index (χ1n) is 8.46. The first-order chi connectivity index (χ1) is 13.2. The standard InChI is InChI=1S/C20H19NO6S/c1-12-8-17-15(10-19(22)27-18(17)9-13(12)2)11-26-20(23)14-4-6-16(7-5-14)28(24,25)21-3/h4-10,21H,11H2,1-3H3. The smallest absolute Gasteiger partial charge is 0.338 e. The van der Waals surface area contributed by atoms with Crippen LogP contribution in [0.4, 0.5) is 0 Å². The zero-order chi connectivity index (χ0) is 20.5. The van der Waals surface area contributed by atoms with Crippen LogP contribution in [0.1, 0.15) is 27.0 Å². The molecular weight excluding hydrogens is 382 g/mol. The Kier molecular flexibility index (Phi) is 5.35. The molecule has 1 aromatic heterocycles. The Morgan fingerprint density at radius 3 is 2.36 bits per heavy atom. The Labute approximate surface area is 162 Å². The molecule has 0 aliphatic carbocycles. The first kappa shape index (κ1) is 19.8. The largest absolute Gasteiger partial charge is 0.457 e. The van der Waals surface area contributed by atoms with Crippen molar-refractivity contribution < 1.29 is 22.4 Å². The number of aryl methyl sites for hydroxylation is 2. The van der Waals surface area contributed by atoms with Crippen molar-refractivity contribution in [1.82, 2.24) is 4.72 Å². The Bertz CT molecular complexity index is 1210. The van der Waals surface area contributed by atoms with Crippen molar-refractivity contribution in [3.05, 3.63) is 75.1 Å². The normalized spacial score (nSPS) is 11.5. The van der Waals surface area contributed by atoms with Gasteiger partial charge in [0.1, 0.15) is 12.2 Å². The predicted molar refractivity (Wildman–Crippen MR) is 104 cm³/mol. The van der Waals surface area contributed by atoms with E-state index in [2.05, 4.69) is 4.72 Å². The van der Waals surface area contributed by atoms with Gasteiger partial charge >= 0.3 is 11.6 Å². The van der Waals surface area contributed by atoms with Crippen LogP contribution in [0.25, 0.3) is 11.0 Å². The molecule has 0 bridgehead atoms. The molecule has 0 atom stereocenters. The molecule has 0 saturated carbocycles. The van der Waals surface area contributed by atoms with Gasteiger partial charge in [0.15, 0.2) is 0 Å². The predicted octanol–water partition coefficient (Wildman–Crippen LogP) is 2.67. The molecule has 1 N–H and O–H groups in total. The van der Waals surface area contributed by atoms with Crippen molar-refractivity contribution in [2.45, 2.75) is 25.3 Å². The summed E-state index contributed by atoms with van der Waals surface area (Å²) < 4.78 is 36.2. The van der Waals surface area contributed by atoms with Gasteiger partial charge < -0.3 is 9.15 Å². The van der Waals surface area contributed by atoms with Crippen LogP contribution in [-0.2, 0) is 21.4 Å². The number of fused-ring (bicyclic) bond motifs is 1. The Morgan fingerprint density at radius 2 is 1.71 bits per heavy atom. The lowest BCUT2D eigenvalue weighted by Gasteiger charge is -2.09. The van der Waals surface area contributed by atoms with Crippen molar-refractivity contribution in [3.63, 3.8) is 0 Å². The van der Waals surface area contributed by atoms with Crippen LogP contribution in [0, 0.1) is 13.8 Å². The van der Waals surface area contributed by atoms with E-state index >= 15 is 0 Å². The Morgan fingerprint density at radius 1 is 1.07 bits per heavy atom. The van der Waals surface area contributed by atoms with Crippen molar-refractivity contribution in [2.24, 2.45) is 0 Å². The minimum absolute atomic E-state index is 0.0454. The molecule has 146 valence electrons. The molecular formula is C20H19NO6S. The SMILES string of the molecule is CNS(=O)(=O)c1ccc(C(=O)OCc2cc(=O)oc3cc(C)c(C)cc23)cc1. The average Bonchev–Trinajstić information content (AvgIpc) is 2.67. The van der Waals surface area contributed by atoms with Crippen LogP contribution in [-0.4, -0.2) is 21.4 Å². The maximum Gasteiger partial charge on any atom is 0.338 e. The van der Waals surface area contributed by atoms with Gasteiger partial charge in [0.2, 0.25) is 10.0 Å². The van der Waals surface area contributed by atoms with Gasteiger partial charge in [-0.1, -0.05) is 0 Å². The fraction of sp³-hybridized carbons (Fsp3) is 0.200. The molecule has 1 heterocycles. The molecule has 0 aliphatic rings. The summed E-state index contributed by atoms with van der Waals surface area (Å²) in [6.45, 7) is 3.75. The Hall–Kier alpha value is -2.97. The van der Waals surface area contributed by atoms with Gasteiger partial charge in [-0.15, -0.1) is 0 Å². The highest BCUT2D eigenvalue weighted by Gasteiger charge is 2.15. The molecule has 0 amide bonds. The van der Waals surface area contributed by atoms with Gasteiger partial charge in [-0.05, 0) is 68.4 Å². The van der Waals surface area contributed by atoms with E-state index in [-0.39, 0.29) is 17.1 Å². The molecule has 0 aliphatic heterocycles. The third-order valence-corrected chi connectivity index (χ3v) is 5.90. The van der Waals surface area contributed by atoms with Crippen molar-refractivity contribution in [1.29, 1.82) is 0 Å². The van der Waals surface area contributed by atoms with Gasteiger partial charge in [0, 0.05) is 17.0 Å². The summed E-state index contributed by atoms with van der Waals surface area (Å²) in [5.41, 5.74) is 2.66. The number of carbonyl (C=O) groups is 1. The molecule has 0 spiro atoms. The maximum atomic E-state index is 12.3. The number of ether oxygens (including phenoxy) is 1. The minimum atomic E-state index is -3.58. The summed E-state index contributed by atoms with van der Waals surface area (Å²) in [4.78, 5) is 24.2. The van der Waals surface area contributed by atoms with Crippen LogP contribution < -0.4 is 10.3 Å². The third-order valence-electron chi connectivity index (χ3n) is 4.47. The second-order valence-electron chi connectivity index (χ2n) is 6.33. The summed E-state index contributed by atoms with van der Waals surface area (Å²) in [5.74, 6) is -0.626. The summed E-state index contributed by atoms with van der Waals surface area (Å²) in [7, 11) is -2.27. The molecule has 0 saturated heterocycles. The number of nitrogens with one attached hydrogen (secondary N) is 1.